The minimum absolute atomic E-state index is 0.0673. The minimum atomic E-state index is -0.486. The molecule has 1 aliphatic rings. The summed E-state index contributed by atoms with van der Waals surface area (Å²) in [4.78, 5) is 25.1. The lowest BCUT2D eigenvalue weighted by Crippen LogP contribution is -2.32. The summed E-state index contributed by atoms with van der Waals surface area (Å²) in [5.41, 5.74) is 1.44. The summed E-state index contributed by atoms with van der Waals surface area (Å²) in [7, 11) is 0. The van der Waals surface area contributed by atoms with Crippen LogP contribution in [0.1, 0.15) is 34.3 Å². The molecule has 1 fully saturated rings. The second-order valence-electron chi connectivity index (χ2n) is 6.05. The fourth-order valence-electron chi connectivity index (χ4n) is 2.69. The standard InChI is InChI=1S/C18H17FN2O3/c1-12-5-6-14(10-17(12)21(23)24)18(22)20(16-7-8-16)11-13-3-2-4-15(19)9-13/h2-6,9-10,16H,7-8,11H2,1H3. The normalized spacial score (nSPS) is 13.6. The SMILES string of the molecule is Cc1ccc(C(=O)N(Cc2cccc(F)c2)C2CC2)cc1[N+](=O)[O-]. The average Bonchev–Trinajstić information content (AvgIpc) is 3.37. The van der Waals surface area contributed by atoms with Crippen LogP contribution in [0.25, 0.3) is 0 Å². The van der Waals surface area contributed by atoms with Crippen molar-refractivity contribution < 1.29 is 14.1 Å². The number of hydrogen-bond donors (Lipinski definition) is 0. The molecule has 0 aromatic heterocycles. The summed E-state index contributed by atoms with van der Waals surface area (Å²) >= 11 is 0. The van der Waals surface area contributed by atoms with Crippen LogP contribution in [0.5, 0.6) is 0 Å². The molecular formula is C18H17FN2O3. The molecule has 0 unspecified atom stereocenters. The van der Waals surface area contributed by atoms with Crippen LogP contribution in [-0.2, 0) is 6.54 Å². The maximum Gasteiger partial charge on any atom is 0.273 e. The first-order valence-corrected chi connectivity index (χ1v) is 7.76. The predicted molar refractivity (Wildman–Crippen MR) is 87.1 cm³/mol. The number of aryl methyl sites for hydroxylation is 1. The van der Waals surface area contributed by atoms with Gasteiger partial charge in [0.25, 0.3) is 11.6 Å². The van der Waals surface area contributed by atoms with E-state index in [0.29, 0.717) is 17.7 Å². The molecule has 124 valence electrons. The van der Waals surface area contributed by atoms with E-state index in [1.54, 1.807) is 36.1 Å². The Kier molecular flexibility index (Phi) is 4.29. The van der Waals surface area contributed by atoms with Gasteiger partial charge in [0.05, 0.1) is 4.92 Å². The molecule has 5 nitrogen and oxygen atoms in total. The summed E-state index contributed by atoms with van der Waals surface area (Å²) in [5, 5.41) is 11.1. The monoisotopic (exact) mass is 328 g/mol. The first kappa shape index (κ1) is 16.1. The lowest BCUT2D eigenvalue weighted by Gasteiger charge is -2.23. The van der Waals surface area contributed by atoms with E-state index in [9.17, 15) is 19.3 Å². The van der Waals surface area contributed by atoms with E-state index in [4.69, 9.17) is 0 Å². The molecule has 0 radical (unpaired) electrons. The molecule has 2 aromatic carbocycles. The van der Waals surface area contributed by atoms with Crippen molar-refractivity contribution in [3.63, 3.8) is 0 Å². The van der Waals surface area contributed by atoms with Gasteiger partial charge in [-0.15, -0.1) is 0 Å². The Morgan fingerprint density at radius 2 is 2.04 bits per heavy atom. The lowest BCUT2D eigenvalue weighted by atomic mass is 10.1. The number of halogens is 1. The molecule has 0 heterocycles. The van der Waals surface area contributed by atoms with Crippen molar-refractivity contribution in [1.29, 1.82) is 0 Å². The van der Waals surface area contributed by atoms with E-state index in [1.165, 1.54) is 18.2 Å². The van der Waals surface area contributed by atoms with E-state index in [1.807, 2.05) is 0 Å². The Balaban J connectivity index is 1.88. The number of carbonyl (C=O) groups excluding carboxylic acids is 1. The molecule has 1 saturated carbocycles. The number of benzene rings is 2. The van der Waals surface area contributed by atoms with Gasteiger partial charge in [-0.3, -0.25) is 14.9 Å². The molecule has 0 aliphatic heterocycles. The van der Waals surface area contributed by atoms with Crippen LogP contribution >= 0.6 is 0 Å². The molecule has 6 heteroatoms. The number of nitro benzene ring substituents is 1. The summed E-state index contributed by atoms with van der Waals surface area (Å²) in [5.74, 6) is -0.605. The summed E-state index contributed by atoms with van der Waals surface area (Å²) < 4.78 is 13.4. The van der Waals surface area contributed by atoms with Crippen LogP contribution in [0, 0.1) is 22.9 Å². The number of nitrogens with zero attached hydrogens (tertiary/aromatic N) is 2. The van der Waals surface area contributed by atoms with Crippen molar-refractivity contribution in [1.82, 2.24) is 4.90 Å². The highest BCUT2D eigenvalue weighted by Crippen LogP contribution is 2.31. The minimum Gasteiger partial charge on any atom is -0.331 e. The van der Waals surface area contributed by atoms with Crippen molar-refractivity contribution in [2.75, 3.05) is 0 Å². The lowest BCUT2D eigenvalue weighted by molar-refractivity contribution is -0.385. The molecule has 0 N–H and O–H groups in total. The Morgan fingerprint density at radius 3 is 2.67 bits per heavy atom. The van der Waals surface area contributed by atoms with E-state index in [2.05, 4.69) is 0 Å². The molecule has 3 rings (SSSR count). The fraction of sp³-hybridized carbons (Fsp3) is 0.278. The summed E-state index contributed by atoms with van der Waals surface area (Å²) in [6.07, 6.45) is 1.80. The van der Waals surface area contributed by atoms with E-state index in [0.717, 1.165) is 12.8 Å². The third-order valence-electron chi connectivity index (χ3n) is 4.14. The number of amides is 1. The molecule has 2 aromatic rings. The Morgan fingerprint density at radius 1 is 1.29 bits per heavy atom. The first-order chi connectivity index (χ1) is 11.5. The molecule has 1 amide bonds. The Hall–Kier alpha value is -2.76. The van der Waals surface area contributed by atoms with Gasteiger partial charge < -0.3 is 4.90 Å². The van der Waals surface area contributed by atoms with Gasteiger partial charge in [0.15, 0.2) is 0 Å². The largest absolute Gasteiger partial charge is 0.331 e. The van der Waals surface area contributed by atoms with Crippen LogP contribution < -0.4 is 0 Å². The Bertz CT molecular complexity index is 803. The third kappa shape index (κ3) is 3.42. The smallest absolute Gasteiger partial charge is 0.273 e. The van der Waals surface area contributed by atoms with Crippen molar-refractivity contribution >= 4 is 11.6 Å². The van der Waals surface area contributed by atoms with Gasteiger partial charge >= 0.3 is 0 Å². The van der Waals surface area contributed by atoms with E-state index in [-0.39, 0.29) is 29.0 Å². The highest BCUT2D eigenvalue weighted by Gasteiger charge is 2.33. The summed E-state index contributed by atoms with van der Waals surface area (Å²) in [6.45, 7) is 1.93. The molecule has 0 spiro atoms. The van der Waals surface area contributed by atoms with Gasteiger partial charge in [0.2, 0.25) is 0 Å². The molecule has 24 heavy (non-hydrogen) atoms. The van der Waals surface area contributed by atoms with Crippen LogP contribution in [0.15, 0.2) is 42.5 Å². The van der Waals surface area contributed by atoms with Gasteiger partial charge in [-0.05, 0) is 43.5 Å². The Labute approximate surface area is 138 Å². The van der Waals surface area contributed by atoms with Crippen LogP contribution in [-0.4, -0.2) is 21.8 Å². The zero-order chi connectivity index (χ0) is 17.3. The van der Waals surface area contributed by atoms with Gasteiger partial charge in [-0.1, -0.05) is 18.2 Å². The van der Waals surface area contributed by atoms with Gasteiger partial charge in [0.1, 0.15) is 5.82 Å². The van der Waals surface area contributed by atoms with Crippen LogP contribution in [0.4, 0.5) is 10.1 Å². The predicted octanol–water partition coefficient (Wildman–Crippen LogP) is 3.85. The van der Waals surface area contributed by atoms with Crippen molar-refractivity contribution in [3.05, 3.63) is 75.1 Å². The zero-order valence-electron chi connectivity index (χ0n) is 13.2. The average molecular weight is 328 g/mol. The number of hydrogen-bond acceptors (Lipinski definition) is 3. The highest BCUT2D eigenvalue weighted by atomic mass is 19.1. The van der Waals surface area contributed by atoms with Gasteiger partial charge in [0, 0.05) is 29.8 Å². The fourth-order valence-corrected chi connectivity index (χ4v) is 2.69. The van der Waals surface area contributed by atoms with Crippen molar-refractivity contribution in [2.24, 2.45) is 0 Å². The number of rotatable bonds is 5. The maximum absolute atomic E-state index is 13.4. The zero-order valence-corrected chi connectivity index (χ0v) is 13.2. The van der Waals surface area contributed by atoms with Crippen LogP contribution in [0.2, 0.25) is 0 Å². The first-order valence-electron chi connectivity index (χ1n) is 7.76. The van der Waals surface area contributed by atoms with Crippen LogP contribution in [0.3, 0.4) is 0 Å². The molecule has 0 saturated heterocycles. The van der Waals surface area contributed by atoms with Gasteiger partial charge in [-0.25, -0.2) is 4.39 Å². The topological polar surface area (TPSA) is 63.5 Å². The molecule has 0 bridgehead atoms. The number of nitro groups is 1. The quantitative estimate of drug-likeness (QED) is 0.618. The molecular weight excluding hydrogens is 311 g/mol. The van der Waals surface area contributed by atoms with E-state index < -0.39 is 4.92 Å². The van der Waals surface area contributed by atoms with E-state index >= 15 is 0 Å². The third-order valence-corrected chi connectivity index (χ3v) is 4.14. The van der Waals surface area contributed by atoms with Crippen molar-refractivity contribution in [2.45, 2.75) is 32.4 Å². The second-order valence-corrected chi connectivity index (χ2v) is 6.05. The summed E-state index contributed by atoms with van der Waals surface area (Å²) in [6, 6.07) is 10.8. The molecule has 0 atom stereocenters. The highest BCUT2D eigenvalue weighted by molar-refractivity contribution is 5.95. The number of carbonyl (C=O) groups is 1. The second kappa shape index (κ2) is 6.39. The molecule has 1 aliphatic carbocycles. The van der Waals surface area contributed by atoms with Crippen molar-refractivity contribution in [3.8, 4) is 0 Å². The maximum atomic E-state index is 13.4. The van der Waals surface area contributed by atoms with Gasteiger partial charge in [-0.2, -0.15) is 0 Å².